The Morgan fingerprint density at radius 2 is 1.83 bits per heavy atom. The molecule has 2 aromatic carbocycles. The fourth-order valence-electron chi connectivity index (χ4n) is 2.09. The monoisotopic (exact) mass is 341 g/mol. The Balaban J connectivity index is 1.67. The second-order valence-corrected chi connectivity index (χ2v) is 5.47. The number of hydrogen-bond acceptors (Lipinski definition) is 3. The van der Waals surface area contributed by atoms with Gasteiger partial charge >= 0.3 is 0 Å². The Morgan fingerprint density at radius 3 is 2.54 bits per heavy atom. The van der Waals surface area contributed by atoms with Gasteiger partial charge in [0, 0.05) is 16.3 Å². The summed E-state index contributed by atoms with van der Waals surface area (Å²) in [5, 5.41) is 6.21. The van der Waals surface area contributed by atoms with E-state index in [1.54, 1.807) is 54.7 Å². The number of halogens is 2. The Hall–Kier alpha value is -2.92. The summed E-state index contributed by atoms with van der Waals surface area (Å²) < 4.78 is 13.2. The van der Waals surface area contributed by atoms with Gasteiger partial charge in [-0.25, -0.2) is 9.37 Å². The van der Waals surface area contributed by atoms with Crippen molar-refractivity contribution in [3.63, 3.8) is 0 Å². The summed E-state index contributed by atoms with van der Waals surface area (Å²) >= 11 is 5.87. The predicted molar refractivity (Wildman–Crippen MR) is 93.3 cm³/mol. The number of rotatable bonds is 4. The molecule has 0 atom stereocenters. The smallest absolute Gasteiger partial charge is 0.256 e. The van der Waals surface area contributed by atoms with Gasteiger partial charge in [0.25, 0.3) is 5.91 Å². The van der Waals surface area contributed by atoms with Crippen LogP contribution in [0.5, 0.6) is 0 Å². The van der Waals surface area contributed by atoms with Gasteiger partial charge < -0.3 is 10.6 Å². The molecule has 0 fully saturated rings. The maximum Gasteiger partial charge on any atom is 0.256 e. The summed E-state index contributed by atoms with van der Waals surface area (Å²) in [6.07, 6.45) is 1.55. The third-order valence-electron chi connectivity index (χ3n) is 3.21. The second-order valence-electron chi connectivity index (χ2n) is 5.03. The van der Waals surface area contributed by atoms with Crippen LogP contribution < -0.4 is 10.6 Å². The number of amides is 1. The number of nitrogens with one attached hydrogen (secondary N) is 2. The topological polar surface area (TPSA) is 54.0 Å². The van der Waals surface area contributed by atoms with Crippen molar-refractivity contribution in [1.29, 1.82) is 0 Å². The van der Waals surface area contributed by atoms with E-state index >= 15 is 0 Å². The van der Waals surface area contributed by atoms with Gasteiger partial charge in [0.05, 0.1) is 11.9 Å². The van der Waals surface area contributed by atoms with E-state index < -0.39 is 0 Å². The maximum atomic E-state index is 13.2. The minimum Gasteiger partial charge on any atom is -0.354 e. The molecule has 0 bridgehead atoms. The van der Waals surface area contributed by atoms with Gasteiger partial charge in [0.15, 0.2) is 0 Å². The highest BCUT2D eigenvalue weighted by molar-refractivity contribution is 6.31. The molecule has 4 nitrogen and oxygen atoms in total. The van der Waals surface area contributed by atoms with Crippen molar-refractivity contribution < 1.29 is 9.18 Å². The van der Waals surface area contributed by atoms with Crippen molar-refractivity contribution in [2.24, 2.45) is 0 Å². The van der Waals surface area contributed by atoms with E-state index in [0.29, 0.717) is 27.8 Å². The summed E-state index contributed by atoms with van der Waals surface area (Å²) in [4.78, 5) is 16.3. The Bertz CT molecular complexity index is 868. The molecule has 2 N–H and O–H groups in total. The average Bonchev–Trinajstić information content (AvgIpc) is 2.57. The van der Waals surface area contributed by atoms with Gasteiger partial charge in [-0.1, -0.05) is 23.7 Å². The first kappa shape index (κ1) is 16.0. The van der Waals surface area contributed by atoms with Crippen molar-refractivity contribution in [3.05, 3.63) is 83.3 Å². The number of carbonyl (C=O) groups is 1. The number of hydrogen-bond donors (Lipinski definition) is 2. The molecule has 24 heavy (non-hydrogen) atoms. The summed E-state index contributed by atoms with van der Waals surface area (Å²) in [5.74, 6) is -0.209. The second kappa shape index (κ2) is 7.10. The van der Waals surface area contributed by atoms with Crippen LogP contribution in [0.25, 0.3) is 0 Å². The molecule has 1 aromatic heterocycles. The number of carbonyl (C=O) groups excluding carboxylic acids is 1. The van der Waals surface area contributed by atoms with Crippen molar-refractivity contribution in [3.8, 4) is 0 Å². The lowest BCUT2D eigenvalue weighted by atomic mass is 10.2. The number of benzene rings is 2. The van der Waals surface area contributed by atoms with Crippen LogP contribution in [0.4, 0.5) is 21.6 Å². The first-order chi connectivity index (χ1) is 11.6. The molecule has 3 rings (SSSR count). The maximum absolute atomic E-state index is 13.2. The molecule has 0 saturated carbocycles. The van der Waals surface area contributed by atoms with Crippen LogP contribution >= 0.6 is 11.6 Å². The van der Waals surface area contributed by atoms with Gasteiger partial charge in [0.1, 0.15) is 11.6 Å². The lowest BCUT2D eigenvalue weighted by molar-refractivity contribution is 0.102. The Labute approximate surface area is 143 Å². The number of aromatic nitrogens is 1. The molecule has 0 saturated heterocycles. The van der Waals surface area contributed by atoms with Crippen LogP contribution in [0.3, 0.4) is 0 Å². The van der Waals surface area contributed by atoms with Crippen LogP contribution in [0.2, 0.25) is 5.02 Å². The fourth-order valence-corrected chi connectivity index (χ4v) is 2.28. The van der Waals surface area contributed by atoms with E-state index in [4.69, 9.17) is 11.6 Å². The number of nitrogens with zero attached hydrogens (tertiary/aromatic N) is 1. The molecule has 1 amide bonds. The molecule has 0 aliphatic rings. The van der Waals surface area contributed by atoms with Crippen LogP contribution in [-0.2, 0) is 0 Å². The van der Waals surface area contributed by atoms with E-state index in [0.717, 1.165) is 0 Å². The van der Waals surface area contributed by atoms with Gasteiger partial charge in [0.2, 0.25) is 0 Å². The van der Waals surface area contributed by atoms with E-state index in [1.807, 2.05) is 0 Å². The van der Waals surface area contributed by atoms with Gasteiger partial charge in [-0.05, 0) is 48.5 Å². The molecule has 0 unspecified atom stereocenters. The number of anilines is 3. The Kier molecular flexibility index (Phi) is 4.72. The van der Waals surface area contributed by atoms with Crippen LogP contribution in [0.15, 0.2) is 66.9 Å². The largest absolute Gasteiger partial charge is 0.354 e. The SMILES string of the molecule is O=C(Nc1ccc(Nc2cccc(F)c2)cn1)c1cccc(Cl)c1. The van der Waals surface area contributed by atoms with Gasteiger partial charge in [-0.2, -0.15) is 0 Å². The summed E-state index contributed by atoms with van der Waals surface area (Å²) in [5.41, 5.74) is 1.75. The number of pyridine rings is 1. The predicted octanol–water partition coefficient (Wildman–Crippen LogP) is 4.87. The zero-order valence-corrected chi connectivity index (χ0v) is 13.2. The zero-order chi connectivity index (χ0) is 16.9. The van der Waals surface area contributed by atoms with E-state index in [9.17, 15) is 9.18 Å². The lowest BCUT2D eigenvalue weighted by Crippen LogP contribution is -2.12. The minimum atomic E-state index is -0.321. The molecule has 0 radical (unpaired) electrons. The zero-order valence-electron chi connectivity index (χ0n) is 12.5. The van der Waals surface area contributed by atoms with Crippen LogP contribution in [0, 0.1) is 5.82 Å². The highest BCUT2D eigenvalue weighted by atomic mass is 35.5. The highest BCUT2D eigenvalue weighted by Gasteiger charge is 2.07. The Morgan fingerprint density at radius 1 is 1.00 bits per heavy atom. The summed E-state index contributed by atoms with van der Waals surface area (Å²) in [7, 11) is 0. The molecule has 3 aromatic rings. The molecule has 120 valence electrons. The highest BCUT2D eigenvalue weighted by Crippen LogP contribution is 2.18. The lowest BCUT2D eigenvalue weighted by Gasteiger charge is -2.08. The van der Waals surface area contributed by atoms with Crippen molar-refractivity contribution in [1.82, 2.24) is 4.98 Å². The standard InChI is InChI=1S/C18H13ClFN3O/c19-13-4-1-3-12(9-13)18(24)23-17-8-7-16(11-21-17)22-15-6-2-5-14(20)10-15/h1-11,22H,(H,21,23,24). The molecule has 0 aliphatic carbocycles. The van der Waals surface area contributed by atoms with E-state index in [1.165, 1.54) is 12.1 Å². The first-order valence-corrected chi connectivity index (χ1v) is 7.53. The average molecular weight is 342 g/mol. The van der Waals surface area contributed by atoms with E-state index in [2.05, 4.69) is 15.6 Å². The fraction of sp³-hybridized carbons (Fsp3) is 0. The quantitative estimate of drug-likeness (QED) is 0.711. The van der Waals surface area contributed by atoms with Crippen LogP contribution in [-0.4, -0.2) is 10.9 Å². The first-order valence-electron chi connectivity index (χ1n) is 7.16. The van der Waals surface area contributed by atoms with Gasteiger partial charge in [-0.3, -0.25) is 4.79 Å². The third-order valence-corrected chi connectivity index (χ3v) is 3.44. The normalized spacial score (nSPS) is 10.2. The molecule has 0 spiro atoms. The van der Waals surface area contributed by atoms with E-state index in [-0.39, 0.29) is 11.7 Å². The van der Waals surface area contributed by atoms with Crippen LogP contribution in [0.1, 0.15) is 10.4 Å². The molecular formula is C18H13ClFN3O. The third kappa shape index (κ3) is 4.08. The van der Waals surface area contributed by atoms with Crippen molar-refractivity contribution in [2.75, 3.05) is 10.6 Å². The van der Waals surface area contributed by atoms with Crippen molar-refractivity contribution >= 4 is 34.7 Å². The van der Waals surface area contributed by atoms with Crippen molar-refractivity contribution in [2.45, 2.75) is 0 Å². The van der Waals surface area contributed by atoms with Gasteiger partial charge in [-0.15, -0.1) is 0 Å². The molecule has 1 heterocycles. The molecule has 6 heteroatoms. The minimum absolute atomic E-state index is 0.296. The summed E-state index contributed by atoms with van der Waals surface area (Å²) in [6.45, 7) is 0. The summed E-state index contributed by atoms with van der Waals surface area (Å²) in [6, 6.07) is 16.2. The molecule has 0 aliphatic heterocycles. The molecular weight excluding hydrogens is 329 g/mol.